The van der Waals surface area contributed by atoms with Gasteiger partial charge in [-0.3, -0.25) is 4.79 Å². The largest absolute Gasteiger partial charge is 0.481 e. The van der Waals surface area contributed by atoms with Gasteiger partial charge in [-0.15, -0.1) is 0 Å². The van der Waals surface area contributed by atoms with Crippen LogP contribution in [0.1, 0.15) is 12.8 Å². The van der Waals surface area contributed by atoms with Gasteiger partial charge in [0.1, 0.15) is 9.84 Å². The van der Waals surface area contributed by atoms with Gasteiger partial charge in [-0.25, -0.2) is 8.42 Å². The summed E-state index contributed by atoms with van der Waals surface area (Å²) in [6.07, 6.45) is 2.31. The molecule has 2 unspecified atom stereocenters. The van der Waals surface area contributed by atoms with Crippen LogP contribution in [0.2, 0.25) is 0 Å². The summed E-state index contributed by atoms with van der Waals surface area (Å²) in [5.41, 5.74) is 0. The minimum absolute atomic E-state index is 0.0947. The van der Waals surface area contributed by atoms with Crippen LogP contribution in [-0.2, 0) is 14.6 Å². The molecule has 1 aliphatic carbocycles. The summed E-state index contributed by atoms with van der Waals surface area (Å²) in [5, 5.41) is 8.50. The van der Waals surface area contributed by atoms with Gasteiger partial charge >= 0.3 is 5.97 Å². The SMILES string of the molecule is CS(=O)(=O)CCC1CC1C(=O)O. The van der Waals surface area contributed by atoms with Gasteiger partial charge in [-0.1, -0.05) is 0 Å². The van der Waals surface area contributed by atoms with Crippen molar-refractivity contribution in [2.45, 2.75) is 12.8 Å². The Balaban J connectivity index is 2.25. The van der Waals surface area contributed by atoms with E-state index in [1.54, 1.807) is 0 Å². The lowest BCUT2D eigenvalue weighted by Crippen LogP contribution is -2.06. The molecule has 0 aliphatic heterocycles. The normalized spacial score (nSPS) is 28.4. The lowest BCUT2D eigenvalue weighted by atomic mass is 10.2. The Kier molecular flexibility index (Phi) is 2.41. The maximum atomic E-state index is 10.7. The van der Waals surface area contributed by atoms with Crippen LogP contribution in [0.5, 0.6) is 0 Å². The number of sulfone groups is 1. The smallest absolute Gasteiger partial charge is 0.306 e. The van der Waals surface area contributed by atoms with Gasteiger partial charge < -0.3 is 5.11 Å². The van der Waals surface area contributed by atoms with Crippen molar-refractivity contribution in [3.63, 3.8) is 0 Å². The average Bonchev–Trinajstić information content (AvgIpc) is 2.59. The van der Waals surface area contributed by atoms with Crippen molar-refractivity contribution >= 4 is 15.8 Å². The van der Waals surface area contributed by atoms with Crippen molar-refractivity contribution in [1.29, 1.82) is 0 Å². The van der Waals surface area contributed by atoms with Crippen LogP contribution >= 0.6 is 0 Å². The van der Waals surface area contributed by atoms with E-state index in [1.165, 1.54) is 6.26 Å². The topological polar surface area (TPSA) is 71.4 Å². The molecule has 12 heavy (non-hydrogen) atoms. The zero-order valence-corrected chi connectivity index (χ0v) is 7.67. The third kappa shape index (κ3) is 2.81. The maximum absolute atomic E-state index is 10.7. The number of aliphatic carboxylic acids is 1. The van der Waals surface area contributed by atoms with E-state index in [4.69, 9.17) is 5.11 Å². The Morgan fingerprint density at radius 1 is 1.58 bits per heavy atom. The molecular formula is C7H12O4S. The quantitative estimate of drug-likeness (QED) is 0.687. The van der Waals surface area contributed by atoms with Crippen LogP contribution in [0.25, 0.3) is 0 Å². The van der Waals surface area contributed by atoms with Crippen molar-refractivity contribution < 1.29 is 18.3 Å². The lowest BCUT2D eigenvalue weighted by molar-refractivity contribution is -0.138. The van der Waals surface area contributed by atoms with Crippen molar-refractivity contribution in [3.05, 3.63) is 0 Å². The molecule has 1 fully saturated rings. The lowest BCUT2D eigenvalue weighted by Gasteiger charge is -1.95. The highest BCUT2D eigenvalue weighted by molar-refractivity contribution is 7.90. The van der Waals surface area contributed by atoms with Crippen LogP contribution in [0.15, 0.2) is 0 Å². The summed E-state index contributed by atoms with van der Waals surface area (Å²) < 4.78 is 21.4. The standard InChI is InChI=1S/C7H12O4S/c1-12(10,11)3-2-5-4-6(5)7(8)9/h5-6H,2-4H2,1H3,(H,8,9). The van der Waals surface area contributed by atoms with Crippen LogP contribution in [0, 0.1) is 11.8 Å². The molecule has 0 heterocycles. The predicted molar refractivity (Wildman–Crippen MR) is 43.6 cm³/mol. The van der Waals surface area contributed by atoms with E-state index in [0.717, 1.165) is 0 Å². The molecule has 1 rings (SSSR count). The summed E-state index contributed by atoms with van der Waals surface area (Å²) in [6, 6.07) is 0. The highest BCUT2D eigenvalue weighted by Gasteiger charge is 2.42. The second-order valence-electron chi connectivity index (χ2n) is 3.36. The first-order valence-electron chi connectivity index (χ1n) is 3.80. The minimum Gasteiger partial charge on any atom is -0.481 e. The molecule has 0 radical (unpaired) electrons. The van der Waals surface area contributed by atoms with Crippen LogP contribution < -0.4 is 0 Å². The van der Waals surface area contributed by atoms with Gasteiger partial charge in [-0.05, 0) is 18.8 Å². The second kappa shape index (κ2) is 3.05. The first-order chi connectivity index (χ1) is 5.40. The van der Waals surface area contributed by atoms with E-state index in [2.05, 4.69) is 0 Å². The number of rotatable bonds is 4. The molecular weight excluding hydrogens is 180 g/mol. The summed E-state index contributed by atoms with van der Waals surface area (Å²) in [6.45, 7) is 0. The molecule has 1 N–H and O–H groups in total. The van der Waals surface area contributed by atoms with Gasteiger partial charge in [0.05, 0.1) is 11.7 Å². The number of carboxylic acids is 1. The van der Waals surface area contributed by atoms with Crippen LogP contribution in [-0.4, -0.2) is 31.5 Å². The molecule has 1 saturated carbocycles. The Labute approximate surface area is 71.5 Å². The van der Waals surface area contributed by atoms with Crippen molar-refractivity contribution in [2.24, 2.45) is 11.8 Å². The molecule has 2 atom stereocenters. The highest BCUT2D eigenvalue weighted by atomic mass is 32.2. The van der Waals surface area contributed by atoms with E-state index < -0.39 is 15.8 Å². The Hall–Kier alpha value is -0.580. The fourth-order valence-corrected chi connectivity index (χ4v) is 1.97. The van der Waals surface area contributed by atoms with Crippen molar-refractivity contribution in [3.8, 4) is 0 Å². The zero-order chi connectivity index (χ0) is 9.35. The fraction of sp³-hybridized carbons (Fsp3) is 0.857. The number of carboxylic acid groups (broad SMARTS) is 1. The van der Waals surface area contributed by atoms with Crippen molar-refractivity contribution in [1.82, 2.24) is 0 Å². The summed E-state index contributed by atoms with van der Waals surface area (Å²) in [4.78, 5) is 10.3. The van der Waals surface area contributed by atoms with E-state index in [9.17, 15) is 13.2 Å². The first kappa shape index (κ1) is 9.51. The van der Waals surface area contributed by atoms with Crippen LogP contribution in [0.3, 0.4) is 0 Å². The Bertz CT molecular complexity index is 280. The molecule has 0 aromatic carbocycles. The predicted octanol–water partition coefficient (Wildman–Crippen LogP) is 0.142. The highest BCUT2D eigenvalue weighted by Crippen LogP contribution is 2.41. The van der Waals surface area contributed by atoms with E-state index >= 15 is 0 Å². The van der Waals surface area contributed by atoms with Gasteiger partial charge in [0.25, 0.3) is 0 Å². The van der Waals surface area contributed by atoms with Crippen LogP contribution in [0.4, 0.5) is 0 Å². The summed E-state index contributed by atoms with van der Waals surface area (Å²) in [5.74, 6) is -0.876. The second-order valence-corrected chi connectivity index (χ2v) is 5.62. The molecule has 0 amide bonds. The molecule has 4 nitrogen and oxygen atoms in total. The molecule has 70 valence electrons. The molecule has 0 aromatic heterocycles. The summed E-state index contributed by atoms with van der Waals surface area (Å²) >= 11 is 0. The van der Waals surface area contributed by atoms with Crippen molar-refractivity contribution in [2.75, 3.05) is 12.0 Å². The van der Waals surface area contributed by atoms with E-state index in [1.807, 2.05) is 0 Å². The monoisotopic (exact) mass is 192 g/mol. The third-order valence-corrected chi connectivity index (χ3v) is 3.08. The number of hydrogen-bond acceptors (Lipinski definition) is 3. The molecule has 1 aliphatic rings. The molecule has 5 heteroatoms. The van der Waals surface area contributed by atoms with Gasteiger partial charge in [0.2, 0.25) is 0 Å². The average molecular weight is 192 g/mol. The first-order valence-corrected chi connectivity index (χ1v) is 5.87. The van der Waals surface area contributed by atoms with Gasteiger partial charge in [0.15, 0.2) is 0 Å². The Morgan fingerprint density at radius 2 is 2.17 bits per heavy atom. The summed E-state index contributed by atoms with van der Waals surface area (Å²) in [7, 11) is -2.92. The van der Waals surface area contributed by atoms with Gasteiger partial charge in [0, 0.05) is 6.26 Å². The molecule has 0 aromatic rings. The molecule has 0 spiro atoms. The fourth-order valence-electron chi connectivity index (χ4n) is 1.23. The molecule has 0 saturated heterocycles. The van der Waals surface area contributed by atoms with E-state index in [0.29, 0.717) is 12.8 Å². The third-order valence-electron chi connectivity index (χ3n) is 2.10. The van der Waals surface area contributed by atoms with Gasteiger partial charge in [-0.2, -0.15) is 0 Å². The number of carbonyl (C=O) groups is 1. The minimum atomic E-state index is -2.92. The molecule has 0 bridgehead atoms. The van der Waals surface area contributed by atoms with E-state index in [-0.39, 0.29) is 17.6 Å². The number of hydrogen-bond donors (Lipinski definition) is 1. The zero-order valence-electron chi connectivity index (χ0n) is 6.86. The Morgan fingerprint density at radius 3 is 2.50 bits per heavy atom. The maximum Gasteiger partial charge on any atom is 0.306 e.